The first-order valence-corrected chi connectivity index (χ1v) is 8.22. The van der Waals surface area contributed by atoms with Crippen LogP contribution in [-0.2, 0) is 11.2 Å². The molecule has 0 aliphatic carbocycles. The zero-order chi connectivity index (χ0) is 17.6. The lowest BCUT2D eigenvalue weighted by atomic mass is 10.1. The third-order valence-corrected chi connectivity index (χ3v) is 4.65. The summed E-state index contributed by atoms with van der Waals surface area (Å²) in [5, 5.41) is 0. The fourth-order valence-corrected chi connectivity index (χ4v) is 3.69. The van der Waals surface area contributed by atoms with E-state index in [0.717, 1.165) is 41.2 Å². The van der Waals surface area contributed by atoms with Crippen molar-refractivity contribution in [3.05, 3.63) is 54.0 Å². The van der Waals surface area contributed by atoms with Crippen molar-refractivity contribution in [1.29, 1.82) is 0 Å². The number of nitrogens with zero attached hydrogens (tertiary/aromatic N) is 4. The minimum atomic E-state index is -0.338. The molecular weight excluding hydrogens is 316 g/mol. The van der Waals surface area contributed by atoms with E-state index in [9.17, 15) is 4.79 Å². The molecule has 0 unspecified atom stereocenters. The summed E-state index contributed by atoms with van der Waals surface area (Å²) in [7, 11) is 5.44. The normalized spacial score (nSPS) is 13.2. The van der Waals surface area contributed by atoms with E-state index in [1.54, 1.807) is 12.5 Å². The molecule has 0 saturated carbocycles. The lowest BCUT2D eigenvalue weighted by Gasteiger charge is -2.25. The molecule has 0 atom stereocenters. The predicted molar refractivity (Wildman–Crippen MR) is 98.0 cm³/mol. The molecule has 128 valence electrons. The number of carbonyl (C=O) groups is 1. The van der Waals surface area contributed by atoms with Gasteiger partial charge in [-0.1, -0.05) is 18.2 Å². The number of hydrogen-bond acceptors (Lipinski definition) is 5. The summed E-state index contributed by atoms with van der Waals surface area (Å²) in [6.07, 6.45) is 4.33. The highest BCUT2D eigenvalue weighted by Crippen LogP contribution is 2.43. The Labute approximate surface area is 146 Å². The van der Waals surface area contributed by atoms with Gasteiger partial charge in [0, 0.05) is 31.9 Å². The van der Waals surface area contributed by atoms with Crippen molar-refractivity contribution >= 4 is 28.7 Å². The van der Waals surface area contributed by atoms with Crippen molar-refractivity contribution in [2.75, 3.05) is 37.5 Å². The number of pyridine rings is 1. The Hall–Kier alpha value is -3.02. The van der Waals surface area contributed by atoms with Crippen LogP contribution in [0.4, 0.5) is 17.2 Å². The number of aromatic nitrogens is 2. The number of carbonyl (C=O) groups excluding carboxylic acids is 1. The Kier molecular flexibility index (Phi) is 3.60. The van der Waals surface area contributed by atoms with Crippen molar-refractivity contribution in [1.82, 2.24) is 9.38 Å². The van der Waals surface area contributed by atoms with E-state index >= 15 is 0 Å². The maximum Gasteiger partial charge on any atom is 0.342 e. The van der Waals surface area contributed by atoms with Gasteiger partial charge >= 0.3 is 5.97 Å². The first kappa shape index (κ1) is 15.5. The van der Waals surface area contributed by atoms with Crippen LogP contribution in [0.15, 0.2) is 42.9 Å². The molecule has 0 spiro atoms. The van der Waals surface area contributed by atoms with Crippen LogP contribution < -0.4 is 9.80 Å². The van der Waals surface area contributed by atoms with E-state index in [2.05, 4.69) is 26.9 Å². The number of para-hydroxylation sites is 1. The number of fused-ring (bicyclic) bond motifs is 2. The van der Waals surface area contributed by atoms with Crippen molar-refractivity contribution in [3.63, 3.8) is 0 Å². The van der Waals surface area contributed by atoms with E-state index in [-0.39, 0.29) is 5.97 Å². The molecule has 1 aromatic carbocycles. The van der Waals surface area contributed by atoms with Crippen molar-refractivity contribution in [2.24, 2.45) is 0 Å². The highest BCUT2D eigenvalue weighted by molar-refractivity contribution is 6.06. The van der Waals surface area contributed by atoms with Gasteiger partial charge in [-0.25, -0.2) is 9.78 Å². The molecular formula is C19H20N4O2. The molecule has 0 radical (unpaired) electrons. The standard InChI is InChI=1S/C19H20N4O2/c1-21(2)18-14-9-10-22(13-7-5-4-6-8-13)17(14)16(19(24)25-3)15-11-20-12-23(15)18/h4-8,11-12H,9-10H2,1-3H3. The van der Waals surface area contributed by atoms with Crippen molar-refractivity contribution in [2.45, 2.75) is 6.42 Å². The van der Waals surface area contributed by atoms with Gasteiger partial charge in [0.2, 0.25) is 0 Å². The summed E-state index contributed by atoms with van der Waals surface area (Å²) in [6.45, 7) is 0.824. The first-order valence-electron chi connectivity index (χ1n) is 8.22. The van der Waals surface area contributed by atoms with Gasteiger partial charge in [-0.2, -0.15) is 0 Å². The molecule has 0 bridgehead atoms. The number of anilines is 3. The molecule has 0 amide bonds. The van der Waals surface area contributed by atoms with E-state index in [4.69, 9.17) is 4.74 Å². The molecule has 1 aliphatic heterocycles. The minimum absolute atomic E-state index is 0.338. The fourth-order valence-electron chi connectivity index (χ4n) is 3.69. The highest BCUT2D eigenvalue weighted by Gasteiger charge is 2.33. The van der Waals surface area contributed by atoms with Crippen LogP contribution in [-0.4, -0.2) is 43.1 Å². The number of esters is 1. The molecule has 2 aromatic heterocycles. The fraction of sp³-hybridized carbons (Fsp3) is 0.263. The van der Waals surface area contributed by atoms with Crippen LogP contribution in [0.25, 0.3) is 5.52 Å². The quantitative estimate of drug-likeness (QED) is 0.689. The second-order valence-electron chi connectivity index (χ2n) is 6.30. The first-order chi connectivity index (χ1) is 12.1. The largest absolute Gasteiger partial charge is 0.465 e. The van der Waals surface area contributed by atoms with Crippen molar-refractivity contribution in [3.8, 4) is 0 Å². The number of imidazole rings is 1. The Morgan fingerprint density at radius 3 is 2.68 bits per heavy atom. The van der Waals surface area contributed by atoms with Gasteiger partial charge in [0.15, 0.2) is 0 Å². The lowest BCUT2D eigenvalue weighted by Crippen LogP contribution is -2.20. The Morgan fingerprint density at radius 2 is 2.00 bits per heavy atom. The second kappa shape index (κ2) is 5.81. The lowest BCUT2D eigenvalue weighted by molar-refractivity contribution is 0.0603. The third-order valence-electron chi connectivity index (χ3n) is 4.65. The molecule has 0 fully saturated rings. The van der Waals surface area contributed by atoms with Gasteiger partial charge < -0.3 is 14.5 Å². The Morgan fingerprint density at radius 1 is 1.24 bits per heavy atom. The van der Waals surface area contributed by atoms with Gasteiger partial charge in [-0.15, -0.1) is 0 Å². The number of ether oxygens (including phenoxy) is 1. The average molecular weight is 336 g/mol. The molecule has 0 saturated heterocycles. The summed E-state index contributed by atoms with van der Waals surface area (Å²) in [4.78, 5) is 21.2. The molecule has 0 N–H and O–H groups in total. The molecule has 3 heterocycles. The smallest absolute Gasteiger partial charge is 0.342 e. The number of rotatable bonds is 3. The molecule has 1 aliphatic rings. The maximum absolute atomic E-state index is 12.6. The summed E-state index contributed by atoms with van der Waals surface area (Å²) in [5.41, 5.74) is 4.47. The van der Waals surface area contributed by atoms with Crippen LogP contribution in [0, 0.1) is 0 Å². The molecule has 3 aromatic rings. The topological polar surface area (TPSA) is 50.1 Å². The molecule has 6 nitrogen and oxygen atoms in total. The number of methoxy groups -OCH3 is 1. The number of hydrogen-bond donors (Lipinski definition) is 0. The van der Waals surface area contributed by atoms with Crippen LogP contribution in [0.3, 0.4) is 0 Å². The molecule has 4 rings (SSSR count). The molecule has 6 heteroatoms. The summed E-state index contributed by atoms with van der Waals surface area (Å²) in [6, 6.07) is 10.1. The van der Waals surface area contributed by atoms with E-state index in [0.29, 0.717) is 5.56 Å². The highest BCUT2D eigenvalue weighted by atomic mass is 16.5. The van der Waals surface area contributed by atoms with E-state index < -0.39 is 0 Å². The summed E-state index contributed by atoms with van der Waals surface area (Å²) < 4.78 is 7.08. The van der Waals surface area contributed by atoms with Gasteiger partial charge in [0.1, 0.15) is 17.7 Å². The van der Waals surface area contributed by atoms with E-state index in [1.165, 1.54) is 7.11 Å². The van der Waals surface area contributed by atoms with Gasteiger partial charge in [-0.3, -0.25) is 4.40 Å². The summed E-state index contributed by atoms with van der Waals surface area (Å²) >= 11 is 0. The minimum Gasteiger partial charge on any atom is -0.465 e. The number of benzene rings is 1. The van der Waals surface area contributed by atoms with Crippen LogP contribution >= 0.6 is 0 Å². The zero-order valence-electron chi connectivity index (χ0n) is 14.6. The van der Waals surface area contributed by atoms with Gasteiger partial charge in [0.05, 0.1) is 24.5 Å². The van der Waals surface area contributed by atoms with Crippen LogP contribution in [0.5, 0.6) is 0 Å². The van der Waals surface area contributed by atoms with E-state index in [1.807, 2.05) is 36.7 Å². The third kappa shape index (κ3) is 2.25. The van der Waals surface area contributed by atoms with Crippen LogP contribution in [0.1, 0.15) is 15.9 Å². The SMILES string of the molecule is COC(=O)c1c2c(c(N(C)C)n3cncc13)CCN2c1ccccc1. The second-order valence-corrected chi connectivity index (χ2v) is 6.30. The Bertz CT molecular complexity index is 947. The van der Waals surface area contributed by atoms with Crippen LogP contribution in [0.2, 0.25) is 0 Å². The zero-order valence-corrected chi connectivity index (χ0v) is 14.6. The van der Waals surface area contributed by atoms with Crippen molar-refractivity contribution < 1.29 is 9.53 Å². The maximum atomic E-state index is 12.6. The van der Waals surface area contributed by atoms with Gasteiger partial charge in [0.25, 0.3) is 0 Å². The average Bonchev–Trinajstić information content (AvgIpc) is 3.26. The van der Waals surface area contributed by atoms with Gasteiger partial charge in [-0.05, 0) is 18.6 Å². The summed E-state index contributed by atoms with van der Waals surface area (Å²) in [5.74, 6) is 0.712. The Balaban J connectivity index is 2.07. The monoisotopic (exact) mass is 336 g/mol. The predicted octanol–water partition coefficient (Wildman–Crippen LogP) is 2.88. The molecule has 25 heavy (non-hydrogen) atoms.